The Bertz CT molecular complexity index is 1300. The summed E-state index contributed by atoms with van der Waals surface area (Å²) >= 11 is 0. The highest BCUT2D eigenvalue weighted by atomic mass is 16.1. The third kappa shape index (κ3) is 6.19. The van der Waals surface area contributed by atoms with E-state index in [0.29, 0.717) is 12.5 Å². The van der Waals surface area contributed by atoms with Crippen molar-refractivity contribution in [2.45, 2.75) is 13.0 Å². The molecule has 1 aliphatic heterocycles. The summed E-state index contributed by atoms with van der Waals surface area (Å²) in [6, 6.07) is 14.6. The molecule has 1 aliphatic rings. The van der Waals surface area contributed by atoms with Crippen molar-refractivity contribution >= 4 is 47.6 Å². The second-order valence-electron chi connectivity index (χ2n) is 8.18. The molecule has 9 nitrogen and oxygen atoms in total. The average molecular weight is 486 g/mol. The summed E-state index contributed by atoms with van der Waals surface area (Å²) in [5.74, 6) is 1.55. The molecular formula is C27H31N7O2. The minimum Gasteiger partial charge on any atom is -0.362 e. The highest BCUT2D eigenvalue weighted by molar-refractivity contribution is 5.77. The Balaban J connectivity index is 0.000000861. The predicted molar refractivity (Wildman–Crippen MR) is 145 cm³/mol. The molecule has 0 bridgehead atoms. The lowest BCUT2D eigenvalue weighted by molar-refractivity contribution is -0.0987. The average Bonchev–Trinajstić information content (AvgIpc) is 3.34. The SMILES string of the molecule is C=O.C=O.CN(C)c1ncccc1Cn1ccc2cnc(Nc3ccc(C4=CCNCC4)cc3)nc21. The topological polar surface area (TPSA) is 105 Å². The number of aromatic nitrogens is 4. The molecule has 0 saturated carbocycles. The van der Waals surface area contributed by atoms with Gasteiger partial charge in [0.15, 0.2) is 0 Å². The normalized spacial score (nSPS) is 12.4. The van der Waals surface area contributed by atoms with Crippen LogP contribution < -0.4 is 15.5 Å². The Hall–Kier alpha value is -4.37. The number of nitrogens with one attached hydrogen (secondary N) is 2. The number of anilines is 3. The minimum atomic E-state index is 0.588. The van der Waals surface area contributed by atoms with E-state index >= 15 is 0 Å². The highest BCUT2D eigenvalue weighted by Crippen LogP contribution is 2.24. The molecule has 0 amide bonds. The number of benzene rings is 1. The molecule has 186 valence electrons. The number of carbonyl (C=O) groups is 2. The molecule has 0 unspecified atom stereocenters. The third-order valence-corrected chi connectivity index (χ3v) is 5.71. The molecule has 1 aromatic carbocycles. The molecule has 2 N–H and O–H groups in total. The van der Waals surface area contributed by atoms with E-state index in [1.54, 1.807) is 0 Å². The standard InChI is InChI=1S/C25H27N7.2CH2O/c1-31(2)23-21(4-3-12-27-23)17-32-15-11-20-16-28-25(30-24(20)32)29-22-7-5-18(6-8-22)19-9-13-26-14-10-19;2*1-2/h3-9,11-12,15-16,26H,10,13-14,17H2,1-2H3,(H,28,29,30);2*1H2. The van der Waals surface area contributed by atoms with Gasteiger partial charge in [-0.1, -0.05) is 24.3 Å². The predicted octanol–water partition coefficient (Wildman–Crippen LogP) is 3.69. The maximum Gasteiger partial charge on any atom is 0.229 e. The molecule has 3 aromatic heterocycles. The largest absolute Gasteiger partial charge is 0.362 e. The van der Waals surface area contributed by atoms with E-state index in [1.807, 2.05) is 57.1 Å². The van der Waals surface area contributed by atoms with Crippen LogP contribution in [-0.2, 0) is 16.1 Å². The quantitative estimate of drug-likeness (QED) is 0.426. The zero-order valence-electron chi connectivity index (χ0n) is 20.6. The van der Waals surface area contributed by atoms with Gasteiger partial charge in [0.05, 0.1) is 6.54 Å². The Morgan fingerprint density at radius 3 is 2.53 bits per heavy atom. The smallest absolute Gasteiger partial charge is 0.229 e. The van der Waals surface area contributed by atoms with Gasteiger partial charge in [0.25, 0.3) is 0 Å². The van der Waals surface area contributed by atoms with Gasteiger partial charge in [-0.2, -0.15) is 4.98 Å². The highest BCUT2D eigenvalue weighted by Gasteiger charge is 2.11. The fraction of sp³-hybridized carbons (Fsp3) is 0.222. The van der Waals surface area contributed by atoms with Crippen molar-refractivity contribution in [2.75, 3.05) is 37.4 Å². The van der Waals surface area contributed by atoms with E-state index in [1.165, 1.54) is 11.1 Å². The van der Waals surface area contributed by atoms with Crippen molar-refractivity contribution in [3.63, 3.8) is 0 Å². The lowest BCUT2D eigenvalue weighted by Gasteiger charge is -2.16. The van der Waals surface area contributed by atoms with Crippen LogP contribution >= 0.6 is 0 Å². The summed E-state index contributed by atoms with van der Waals surface area (Å²) in [4.78, 5) is 31.9. The van der Waals surface area contributed by atoms with Gasteiger partial charge in [0.2, 0.25) is 5.95 Å². The fourth-order valence-electron chi connectivity index (χ4n) is 4.08. The van der Waals surface area contributed by atoms with E-state index in [-0.39, 0.29) is 0 Å². The molecule has 5 rings (SSSR count). The second kappa shape index (κ2) is 12.9. The van der Waals surface area contributed by atoms with Crippen LogP contribution in [0.2, 0.25) is 0 Å². The first-order valence-corrected chi connectivity index (χ1v) is 11.5. The van der Waals surface area contributed by atoms with Crippen molar-refractivity contribution in [2.24, 2.45) is 0 Å². The molecule has 9 heteroatoms. The van der Waals surface area contributed by atoms with Crippen LogP contribution in [0.4, 0.5) is 17.5 Å². The Morgan fingerprint density at radius 2 is 1.83 bits per heavy atom. The van der Waals surface area contributed by atoms with Crippen molar-refractivity contribution in [1.29, 1.82) is 0 Å². The number of pyridine rings is 1. The third-order valence-electron chi connectivity index (χ3n) is 5.71. The van der Waals surface area contributed by atoms with Crippen molar-refractivity contribution in [3.8, 4) is 0 Å². The van der Waals surface area contributed by atoms with E-state index in [4.69, 9.17) is 14.6 Å². The summed E-state index contributed by atoms with van der Waals surface area (Å²) in [5, 5.41) is 7.72. The van der Waals surface area contributed by atoms with Gasteiger partial charge in [-0.25, -0.2) is 9.97 Å². The lowest BCUT2D eigenvalue weighted by Crippen LogP contribution is -2.19. The first-order valence-electron chi connectivity index (χ1n) is 11.5. The summed E-state index contributed by atoms with van der Waals surface area (Å²) in [5.41, 5.74) is 5.69. The van der Waals surface area contributed by atoms with Crippen molar-refractivity contribution in [1.82, 2.24) is 24.8 Å². The summed E-state index contributed by atoms with van der Waals surface area (Å²) in [6.07, 6.45) is 9.07. The summed E-state index contributed by atoms with van der Waals surface area (Å²) in [6.45, 7) is 6.67. The van der Waals surface area contributed by atoms with Gasteiger partial charge in [-0.15, -0.1) is 0 Å². The van der Waals surface area contributed by atoms with Crippen LogP contribution in [0.1, 0.15) is 17.5 Å². The van der Waals surface area contributed by atoms with Crippen LogP contribution in [-0.4, -0.2) is 60.3 Å². The first kappa shape index (κ1) is 26.2. The van der Waals surface area contributed by atoms with Gasteiger partial charge >= 0.3 is 0 Å². The van der Waals surface area contributed by atoms with Crippen LogP contribution in [0.15, 0.2) is 67.1 Å². The fourth-order valence-corrected chi connectivity index (χ4v) is 4.08. The van der Waals surface area contributed by atoms with Crippen LogP contribution in [0.5, 0.6) is 0 Å². The maximum absolute atomic E-state index is 8.00. The van der Waals surface area contributed by atoms with Crippen LogP contribution in [0, 0.1) is 0 Å². The molecule has 36 heavy (non-hydrogen) atoms. The molecule has 0 spiro atoms. The monoisotopic (exact) mass is 485 g/mol. The number of fused-ring (bicyclic) bond motifs is 1. The minimum absolute atomic E-state index is 0.588. The second-order valence-corrected chi connectivity index (χ2v) is 8.18. The Labute approximate surface area is 210 Å². The van der Waals surface area contributed by atoms with Gasteiger partial charge in [0.1, 0.15) is 25.0 Å². The lowest BCUT2D eigenvalue weighted by atomic mass is 10.0. The molecule has 4 aromatic rings. The molecular weight excluding hydrogens is 454 g/mol. The van der Waals surface area contributed by atoms with Crippen molar-refractivity contribution < 1.29 is 9.59 Å². The Kier molecular flexibility index (Phi) is 9.41. The van der Waals surface area contributed by atoms with Crippen LogP contribution in [0.3, 0.4) is 0 Å². The first-order chi connectivity index (χ1) is 17.7. The number of hydrogen-bond acceptors (Lipinski definition) is 8. The molecule has 0 aliphatic carbocycles. The van der Waals surface area contributed by atoms with Gasteiger partial charge in [-0.3, -0.25) is 0 Å². The van der Waals surface area contributed by atoms with Crippen molar-refractivity contribution in [3.05, 3.63) is 78.3 Å². The summed E-state index contributed by atoms with van der Waals surface area (Å²) < 4.78 is 2.14. The zero-order valence-corrected chi connectivity index (χ0v) is 20.6. The molecule has 0 saturated heterocycles. The van der Waals surface area contributed by atoms with E-state index in [0.717, 1.165) is 47.6 Å². The number of hydrogen-bond donors (Lipinski definition) is 2. The van der Waals surface area contributed by atoms with E-state index in [9.17, 15) is 0 Å². The van der Waals surface area contributed by atoms with Gasteiger partial charge in [0, 0.05) is 55.9 Å². The maximum atomic E-state index is 8.00. The molecule has 0 atom stereocenters. The van der Waals surface area contributed by atoms with Gasteiger partial charge in [-0.05, 0) is 48.4 Å². The summed E-state index contributed by atoms with van der Waals surface area (Å²) in [7, 11) is 4.02. The zero-order chi connectivity index (χ0) is 25.9. The Morgan fingerprint density at radius 1 is 1.06 bits per heavy atom. The molecule has 0 fully saturated rings. The number of carbonyl (C=O) groups excluding carboxylic acids is 2. The molecule has 4 heterocycles. The van der Waals surface area contributed by atoms with Crippen LogP contribution in [0.25, 0.3) is 16.6 Å². The molecule has 0 radical (unpaired) electrons. The number of nitrogens with zero attached hydrogens (tertiary/aromatic N) is 5. The van der Waals surface area contributed by atoms with Gasteiger partial charge < -0.3 is 29.7 Å². The number of rotatable bonds is 6. The van der Waals surface area contributed by atoms with E-state index < -0.39 is 0 Å². The van der Waals surface area contributed by atoms with E-state index in [2.05, 4.69) is 67.8 Å².